The lowest BCUT2D eigenvalue weighted by atomic mass is 10.0. The first-order valence-corrected chi connectivity index (χ1v) is 10.7. The van der Waals surface area contributed by atoms with E-state index in [0.717, 1.165) is 42.0 Å². The van der Waals surface area contributed by atoms with E-state index in [4.69, 9.17) is 4.98 Å². The fraction of sp³-hybridized carbons (Fsp3) is 0.217. The number of hydrogen-bond donors (Lipinski definition) is 2. The molecule has 0 radical (unpaired) electrons. The van der Waals surface area contributed by atoms with Gasteiger partial charge in [-0.25, -0.2) is 4.98 Å². The van der Waals surface area contributed by atoms with E-state index in [1.807, 2.05) is 36.4 Å². The van der Waals surface area contributed by atoms with Gasteiger partial charge in [-0.05, 0) is 29.7 Å². The molecule has 29 heavy (non-hydrogen) atoms. The van der Waals surface area contributed by atoms with Gasteiger partial charge in [0, 0.05) is 30.2 Å². The van der Waals surface area contributed by atoms with Crippen molar-refractivity contribution in [1.82, 2.24) is 14.9 Å². The molecule has 3 heterocycles. The highest BCUT2D eigenvalue weighted by Crippen LogP contribution is 2.32. The van der Waals surface area contributed by atoms with Crippen LogP contribution in [0, 0.1) is 0 Å². The van der Waals surface area contributed by atoms with Crippen molar-refractivity contribution >= 4 is 27.2 Å². The van der Waals surface area contributed by atoms with Gasteiger partial charge in [-0.2, -0.15) is 0 Å². The minimum atomic E-state index is -0.0196. The van der Waals surface area contributed by atoms with Crippen molar-refractivity contribution in [2.75, 3.05) is 11.9 Å². The summed E-state index contributed by atoms with van der Waals surface area (Å²) in [5.41, 5.74) is 3.50. The van der Waals surface area contributed by atoms with E-state index in [0.29, 0.717) is 12.4 Å². The Bertz CT molecular complexity index is 1180. The number of H-pyrrole nitrogens is 1. The average molecular weight is 403 g/mol. The summed E-state index contributed by atoms with van der Waals surface area (Å²) in [6.45, 7) is 3.27. The van der Waals surface area contributed by atoms with Crippen LogP contribution < -0.4 is 10.9 Å². The highest BCUT2D eigenvalue weighted by Gasteiger charge is 2.23. The average Bonchev–Trinajstić information content (AvgIpc) is 3.12. The van der Waals surface area contributed by atoms with Gasteiger partial charge in [-0.1, -0.05) is 48.5 Å². The Labute approximate surface area is 173 Å². The molecule has 2 aromatic heterocycles. The summed E-state index contributed by atoms with van der Waals surface area (Å²) in [6, 6.07) is 20.5. The monoisotopic (exact) mass is 402 g/mol. The molecule has 0 saturated heterocycles. The second kappa shape index (κ2) is 7.81. The van der Waals surface area contributed by atoms with Crippen LogP contribution in [0.3, 0.4) is 0 Å². The van der Waals surface area contributed by atoms with Crippen LogP contribution in [-0.2, 0) is 26.1 Å². The topological polar surface area (TPSA) is 61.0 Å². The van der Waals surface area contributed by atoms with E-state index in [9.17, 15) is 4.79 Å². The van der Waals surface area contributed by atoms with Gasteiger partial charge in [-0.15, -0.1) is 11.3 Å². The predicted molar refractivity (Wildman–Crippen MR) is 118 cm³/mol. The molecule has 0 unspecified atom stereocenters. The van der Waals surface area contributed by atoms with Gasteiger partial charge in [0.2, 0.25) is 0 Å². The number of fused-ring (bicyclic) bond motifs is 3. The van der Waals surface area contributed by atoms with Crippen molar-refractivity contribution in [3.8, 4) is 0 Å². The molecule has 1 aliphatic heterocycles. The van der Waals surface area contributed by atoms with Crippen LogP contribution in [0.4, 0.5) is 5.69 Å². The Balaban J connectivity index is 1.37. The lowest BCUT2D eigenvalue weighted by Gasteiger charge is -2.26. The van der Waals surface area contributed by atoms with Crippen molar-refractivity contribution in [3.63, 3.8) is 0 Å². The standard InChI is InChI=1S/C23H22N4OS/c28-22-21-18-11-12-27(14-16-7-3-1-4-8-16)15-19(18)29-23(21)26-20(25-22)13-24-17-9-5-2-6-10-17/h1-10,24H,11-15H2,(H,25,26,28). The van der Waals surface area contributed by atoms with Gasteiger partial charge in [-0.3, -0.25) is 9.69 Å². The van der Waals surface area contributed by atoms with Gasteiger partial charge in [0.1, 0.15) is 10.7 Å². The second-order valence-electron chi connectivity index (χ2n) is 7.36. The van der Waals surface area contributed by atoms with Crippen molar-refractivity contribution in [2.24, 2.45) is 0 Å². The molecule has 0 atom stereocenters. The predicted octanol–water partition coefficient (Wildman–Crippen LogP) is 4.16. The minimum absolute atomic E-state index is 0.0196. The first-order chi connectivity index (χ1) is 14.3. The van der Waals surface area contributed by atoms with E-state index in [2.05, 4.69) is 39.5 Å². The number of nitrogens with zero attached hydrogens (tertiary/aromatic N) is 2. The van der Waals surface area contributed by atoms with Gasteiger partial charge in [0.05, 0.1) is 11.9 Å². The summed E-state index contributed by atoms with van der Waals surface area (Å²) in [5, 5.41) is 4.10. The van der Waals surface area contributed by atoms with Gasteiger partial charge < -0.3 is 10.3 Å². The SMILES string of the molecule is O=c1[nH]c(CNc2ccccc2)nc2sc3c(c12)CCN(Cc1ccccc1)C3. The van der Waals surface area contributed by atoms with Crippen LogP contribution in [-0.4, -0.2) is 21.4 Å². The number of anilines is 1. The third kappa shape index (κ3) is 3.81. The lowest BCUT2D eigenvalue weighted by Crippen LogP contribution is -2.29. The summed E-state index contributed by atoms with van der Waals surface area (Å²) in [4.78, 5) is 25.1. The van der Waals surface area contributed by atoms with Gasteiger partial charge in [0.15, 0.2) is 0 Å². The molecule has 6 heteroatoms. The number of aromatic amines is 1. The second-order valence-corrected chi connectivity index (χ2v) is 8.45. The van der Waals surface area contributed by atoms with Crippen LogP contribution >= 0.6 is 11.3 Å². The Kier molecular flexibility index (Phi) is 4.87. The molecule has 2 aromatic carbocycles. The zero-order valence-corrected chi connectivity index (χ0v) is 16.8. The quantitative estimate of drug-likeness (QED) is 0.526. The fourth-order valence-corrected chi connectivity index (χ4v) is 5.18. The minimum Gasteiger partial charge on any atom is -0.378 e. The Morgan fingerprint density at radius 2 is 1.83 bits per heavy atom. The largest absolute Gasteiger partial charge is 0.378 e. The first kappa shape index (κ1) is 18.1. The van der Waals surface area contributed by atoms with Crippen LogP contribution in [0.25, 0.3) is 10.2 Å². The molecule has 5 rings (SSSR count). The number of nitrogens with one attached hydrogen (secondary N) is 2. The molecule has 0 bridgehead atoms. The van der Waals surface area contributed by atoms with Crippen LogP contribution in [0.15, 0.2) is 65.5 Å². The Morgan fingerprint density at radius 1 is 1.07 bits per heavy atom. The maximum atomic E-state index is 12.8. The van der Waals surface area contributed by atoms with Crippen LogP contribution in [0.5, 0.6) is 0 Å². The molecule has 0 fully saturated rings. The smallest absolute Gasteiger partial charge is 0.259 e. The summed E-state index contributed by atoms with van der Waals surface area (Å²) < 4.78 is 0. The summed E-state index contributed by atoms with van der Waals surface area (Å²) in [5.74, 6) is 0.672. The van der Waals surface area contributed by atoms with E-state index >= 15 is 0 Å². The molecule has 0 aliphatic carbocycles. The lowest BCUT2D eigenvalue weighted by molar-refractivity contribution is 0.249. The molecule has 0 amide bonds. The van der Waals surface area contributed by atoms with Crippen molar-refractivity contribution < 1.29 is 0 Å². The zero-order chi connectivity index (χ0) is 19.6. The molecule has 1 aliphatic rings. The van der Waals surface area contributed by atoms with E-state index in [1.54, 1.807) is 11.3 Å². The third-order valence-corrected chi connectivity index (χ3v) is 6.43. The molecular weight excluding hydrogens is 380 g/mol. The van der Waals surface area contributed by atoms with Crippen LogP contribution in [0.1, 0.15) is 21.8 Å². The molecular formula is C23H22N4OS. The van der Waals surface area contributed by atoms with Crippen molar-refractivity contribution in [2.45, 2.75) is 26.1 Å². The van der Waals surface area contributed by atoms with Crippen LogP contribution in [0.2, 0.25) is 0 Å². The molecule has 0 spiro atoms. The number of hydrogen-bond acceptors (Lipinski definition) is 5. The van der Waals surface area contributed by atoms with E-state index < -0.39 is 0 Å². The summed E-state index contributed by atoms with van der Waals surface area (Å²) in [7, 11) is 0. The maximum absolute atomic E-state index is 12.8. The number of thiophene rings is 1. The number of aromatic nitrogens is 2. The zero-order valence-electron chi connectivity index (χ0n) is 16.0. The normalized spacial score (nSPS) is 14.1. The molecule has 5 nitrogen and oxygen atoms in total. The van der Waals surface area contributed by atoms with E-state index in [1.165, 1.54) is 16.0 Å². The van der Waals surface area contributed by atoms with Gasteiger partial charge >= 0.3 is 0 Å². The first-order valence-electron chi connectivity index (χ1n) is 9.85. The summed E-state index contributed by atoms with van der Waals surface area (Å²) in [6.07, 6.45) is 0.897. The van der Waals surface area contributed by atoms with Crippen molar-refractivity contribution in [3.05, 3.63) is 92.8 Å². The highest BCUT2D eigenvalue weighted by atomic mass is 32.1. The third-order valence-electron chi connectivity index (χ3n) is 5.32. The summed E-state index contributed by atoms with van der Waals surface area (Å²) >= 11 is 1.66. The Morgan fingerprint density at radius 3 is 2.62 bits per heavy atom. The highest BCUT2D eigenvalue weighted by molar-refractivity contribution is 7.18. The maximum Gasteiger partial charge on any atom is 0.259 e. The number of benzene rings is 2. The fourth-order valence-electron chi connectivity index (χ4n) is 3.90. The number of para-hydroxylation sites is 1. The van der Waals surface area contributed by atoms with E-state index in [-0.39, 0.29) is 5.56 Å². The molecule has 0 saturated carbocycles. The Hall–Kier alpha value is -2.96. The molecule has 2 N–H and O–H groups in total. The molecule has 4 aromatic rings. The van der Waals surface area contributed by atoms with Crippen molar-refractivity contribution in [1.29, 1.82) is 0 Å². The number of rotatable bonds is 5. The van der Waals surface area contributed by atoms with Gasteiger partial charge in [0.25, 0.3) is 5.56 Å². The molecule has 146 valence electrons.